The molecule has 2 amide bonds. The van der Waals surface area contributed by atoms with Crippen LogP contribution in [-0.4, -0.2) is 56.9 Å². The highest BCUT2D eigenvalue weighted by Gasteiger charge is 2.24. The van der Waals surface area contributed by atoms with Gasteiger partial charge in [-0.2, -0.15) is 0 Å². The molecule has 6 nitrogen and oxygen atoms in total. The summed E-state index contributed by atoms with van der Waals surface area (Å²) in [5.41, 5.74) is 2.51. The fourth-order valence-electron chi connectivity index (χ4n) is 3.25. The molecule has 2 aromatic carbocycles. The minimum Gasteiger partial charge on any atom is -0.447 e. The molecule has 3 rings (SSSR count). The van der Waals surface area contributed by atoms with Gasteiger partial charge in [0.1, 0.15) is 6.61 Å². The Kier molecular flexibility index (Phi) is 7.03. The lowest BCUT2D eigenvalue weighted by Crippen LogP contribution is -2.35. The molecule has 0 atom stereocenters. The summed E-state index contributed by atoms with van der Waals surface area (Å²) >= 11 is 0. The smallest absolute Gasteiger partial charge is 0.414 e. The second-order valence-electron chi connectivity index (χ2n) is 6.69. The zero-order valence-electron chi connectivity index (χ0n) is 16.2. The van der Waals surface area contributed by atoms with E-state index in [1.54, 1.807) is 30.2 Å². The molecule has 0 aliphatic carbocycles. The van der Waals surface area contributed by atoms with Crippen molar-refractivity contribution in [3.8, 4) is 0 Å². The van der Waals surface area contributed by atoms with E-state index in [-0.39, 0.29) is 12.0 Å². The van der Waals surface area contributed by atoms with E-state index in [9.17, 15) is 9.59 Å². The van der Waals surface area contributed by atoms with Crippen LogP contribution >= 0.6 is 0 Å². The second-order valence-corrected chi connectivity index (χ2v) is 6.69. The van der Waals surface area contributed by atoms with Gasteiger partial charge >= 0.3 is 6.09 Å². The number of anilines is 1. The monoisotopic (exact) mass is 382 g/mol. The van der Waals surface area contributed by atoms with Gasteiger partial charge in [0.15, 0.2) is 0 Å². The average Bonchev–Trinajstić information content (AvgIpc) is 3.17. The summed E-state index contributed by atoms with van der Waals surface area (Å²) in [7, 11) is 1.63. The van der Waals surface area contributed by atoms with E-state index in [1.165, 1.54) is 5.56 Å². The lowest BCUT2D eigenvalue weighted by atomic mass is 10.1. The SMILES string of the molecule is COCCN(CCCc1ccccc1)C(=O)c1cccc(N2CCOC2=O)c1. The number of ether oxygens (including phenoxy) is 2. The highest BCUT2D eigenvalue weighted by Crippen LogP contribution is 2.21. The van der Waals surface area contributed by atoms with Gasteiger partial charge in [-0.3, -0.25) is 9.69 Å². The topological polar surface area (TPSA) is 59.1 Å². The minimum atomic E-state index is -0.372. The molecule has 1 saturated heterocycles. The Bertz CT molecular complexity index is 794. The Morgan fingerprint density at radius 3 is 2.68 bits per heavy atom. The van der Waals surface area contributed by atoms with E-state index in [2.05, 4.69) is 12.1 Å². The molecule has 1 fully saturated rings. The van der Waals surface area contributed by atoms with Crippen LogP contribution in [0.4, 0.5) is 10.5 Å². The summed E-state index contributed by atoms with van der Waals surface area (Å²) in [6.45, 7) is 2.53. The van der Waals surface area contributed by atoms with Crippen LogP contribution in [0.3, 0.4) is 0 Å². The minimum absolute atomic E-state index is 0.0560. The van der Waals surface area contributed by atoms with Crippen molar-refractivity contribution < 1.29 is 19.1 Å². The van der Waals surface area contributed by atoms with Gasteiger partial charge in [0.2, 0.25) is 0 Å². The number of hydrogen-bond donors (Lipinski definition) is 0. The Morgan fingerprint density at radius 2 is 1.96 bits per heavy atom. The van der Waals surface area contributed by atoms with Crippen LogP contribution in [0.5, 0.6) is 0 Å². The molecule has 0 N–H and O–H groups in total. The van der Waals surface area contributed by atoms with E-state index in [1.807, 2.05) is 29.2 Å². The average molecular weight is 382 g/mol. The Hall–Kier alpha value is -2.86. The summed E-state index contributed by atoms with van der Waals surface area (Å²) < 4.78 is 10.2. The number of carbonyl (C=O) groups excluding carboxylic acids is 2. The maximum Gasteiger partial charge on any atom is 0.414 e. The first-order valence-corrected chi connectivity index (χ1v) is 9.55. The molecule has 1 aliphatic heterocycles. The van der Waals surface area contributed by atoms with Gasteiger partial charge in [0, 0.05) is 31.5 Å². The summed E-state index contributed by atoms with van der Waals surface area (Å²) in [6.07, 6.45) is 1.42. The van der Waals surface area contributed by atoms with Gasteiger partial charge in [-0.25, -0.2) is 4.79 Å². The van der Waals surface area contributed by atoms with Gasteiger partial charge < -0.3 is 14.4 Å². The zero-order valence-corrected chi connectivity index (χ0v) is 16.2. The third kappa shape index (κ3) is 5.10. The largest absolute Gasteiger partial charge is 0.447 e. The number of methoxy groups -OCH3 is 1. The maximum absolute atomic E-state index is 13.1. The number of hydrogen-bond acceptors (Lipinski definition) is 4. The van der Waals surface area contributed by atoms with Gasteiger partial charge in [-0.05, 0) is 36.6 Å². The molecule has 0 spiro atoms. The van der Waals surface area contributed by atoms with Crippen LogP contribution in [0.15, 0.2) is 54.6 Å². The molecule has 1 aliphatic rings. The summed E-state index contributed by atoms with van der Waals surface area (Å²) in [6, 6.07) is 17.4. The normalized spacial score (nSPS) is 13.5. The zero-order chi connectivity index (χ0) is 19.8. The van der Waals surface area contributed by atoms with E-state index >= 15 is 0 Å². The molecule has 1 heterocycles. The van der Waals surface area contributed by atoms with Gasteiger partial charge in [-0.15, -0.1) is 0 Å². The summed E-state index contributed by atoms with van der Waals surface area (Å²) in [5.74, 6) is -0.0560. The Balaban J connectivity index is 1.67. The van der Waals surface area contributed by atoms with Crippen molar-refractivity contribution in [1.29, 1.82) is 0 Å². The first-order chi connectivity index (χ1) is 13.7. The van der Waals surface area contributed by atoms with Gasteiger partial charge in [0.25, 0.3) is 5.91 Å². The molecule has 0 bridgehead atoms. The van der Waals surface area contributed by atoms with E-state index < -0.39 is 0 Å². The number of cyclic esters (lactones) is 1. The summed E-state index contributed by atoms with van der Waals surface area (Å²) in [4.78, 5) is 28.2. The van der Waals surface area contributed by atoms with E-state index in [4.69, 9.17) is 9.47 Å². The van der Waals surface area contributed by atoms with Crippen molar-refractivity contribution in [3.63, 3.8) is 0 Å². The van der Waals surface area contributed by atoms with Crippen LogP contribution < -0.4 is 4.90 Å². The first-order valence-electron chi connectivity index (χ1n) is 9.55. The molecule has 0 aromatic heterocycles. The number of aryl methyl sites for hydroxylation is 1. The molecular formula is C22H26N2O4. The van der Waals surface area contributed by atoms with E-state index in [0.29, 0.717) is 44.1 Å². The number of nitrogens with zero attached hydrogens (tertiary/aromatic N) is 2. The predicted octanol–water partition coefficient (Wildman–Crippen LogP) is 3.36. The number of benzene rings is 2. The Morgan fingerprint density at radius 1 is 1.14 bits per heavy atom. The van der Waals surface area contributed by atoms with Crippen molar-refractivity contribution >= 4 is 17.7 Å². The van der Waals surface area contributed by atoms with Crippen molar-refractivity contribution in [2.45, 2.75) is 12.8 Å². The lowest BCUT2D eigenvalue weighted by molar-refractivity contribution is 0.0693. The Labute approximate surface area is 165 Å². The maximum atomic E-state index is 13.1. The quantitative estimate of drug-likeness (QED) is 0.667. The molecule has 148 valence electrons. The fourth-order valence-corrected chi connectivity index (χ4v) is 3.25. The molecule has 28 heavy (non-hydrogen) atoms. The van der Waals surface area contributed by atoms with Crippen molar-refractivity contribution in [3.05, 3.63) is 65.7 Å². The van der Waals surface area contributed by atoms with Crippen LogP contribution in [0.2, 0.25) is 0 Å². The fraction of sp³-hybridized carbons (Fsp3) is 0.364. The highest BCUT2D eigenvalue weighted by molar-refractivity contribution is 5.97. The van der Waals surface area contributed by atoms with Crippen molar-refractivity contribution in [2.75, 3.05) is 44.9 Å². The molecular weight excluding hydrogens is 356 g/mol. The second kappa shape index (κ2) is 9.90. The third-order valence-corrected chi connectivity index (χ3v) is 4.75. The third-order valence-electron chi connectivity index (χ3n) is 4.75. The van der Waals surface area contributed by atoms with Crippen LogP contribution in [0.25, 0.3) is 0 Å². The summed E-state index contributed by atoms with van der Waals surface area (Å²) in [5, 5.41) is 0. The first kappa shape index (κ1) is 19.9. The molecule has 6 heteroatoms. The standard InChI is InChI=1S/C22H26N2O4/c1-27-15-13-23(12-6-9-18-7-3-2-4-8-18)21(25)19-10-5-11-20(17-19)24-14-16-28-22(24)26/h2-5,7-8,10-11,17H,6,9,12-16H2,1H3. The lowest BCUT2D eigenvalue weighted by Gasteiger charge is -2.23. The van der Waals surface area contributed by atoms with Crippen LogP contribution in [-0.2, 0) is 15.9 Å². The highest BCUT2D eigenvalue weighted by atomic mass is 16.6. The van der Waals surface area contributed by atoms with Gasteiger partial charge in [0.05, 0.1) is 13.2 Å². The van der Waals surface area contributed by atoms with Gasteiger partial charge in [-0.1, -0.05) is 36.4 Å². The van der Waals surface area contributed by atoms with Crippen molar-refractivity contribution in [1.82, 2.24) is 4.90 Å². The molecule has 2 aromatic rings. The van der Waals surface area contributed by atoms with Crippen LogP contribution in [0.1, 0.15) is 22.3 Å². The number of carbonyl (C=O) groups is 2. The number of rotatable bonds is 9. The predicted molar refractivity (Wildman–Crippen MR) is 108 cm³/mol. The molecule has 0 radical (unpaired) electrons. The van der Waals surface area contributed by atoms with Crippen molar-refractivity contribution in [2.24, 2.45) is 0 Å². The molecule has 0 unspecified atom stereocenters. The molecule has 0 saturated carbocycles. The number of amides is 2. The van der Waals surface area contributed by atoms with E-state index in [0.717, 1.165) is 12.8 Å². The van der Waals surface area contributed by atoms with Crippen LogP contribution in [0, 0.1) is 0 Å².